The first-order chi connectivity index (χ1) is 4.74. The van der Waals surface area contributed by atoms with Crippen molar-refractivity contribution in [2.24, 2.45) is 0 Å². The van der Waals surface area contributed by atoms with E-state index in [9.17, 15) is 0 Å². The van der Waals surface area contributed by atoms with Crippen molar-refractivity contribution in [3.05, 3.63) is 23.5 Å². The molecule has 1 aromatic rings. The monoisotopic (exact) mass is 133 g/mol. The highest BCUT2D eigenvalue weighted by Crippen LogP contribution is 2.07. The van der Waals surface area contributed by atoms with E-state index in [1.54, 1.807) is 13.0 Å². The van der Waals surface area contributed by atoms with Crippen LogP contribution in [-0.4, -0.2) is 4.98 Å². The van der Waals surface area contributed by atoms with E-state index in [0.29, 0.717) is 11.3 Å². The second kappa shape index (κ2) is 2.36. The molecule has 0 bridgehead atoms. The van der Waals surface area contributed by atoms with E-state index >= 15 is 0 Å². The second-order valence-corrected chi connectivity index (χ2v) is 2.01. The topological polar surface area (TPSA) is 62.7 Å². The SMILES string of the molecule is Cc1ncc(C#N)cc1N. The summed E-state index contributed by atoms with van der Waals surface area (Å²) in [5.41, 5.74) is 7.32. The zero-order valence-corrected chi connectivity index (χ0v) is 5.63. The lowest BCUT2D eigenvalue weighted by Crippen LogP contribution is -1.92. The number of anilines is 1. The molecule has 0 aromatic carbocycles. The molecule has 3 nitrogen and oxygen atoms in total. The molecule has 0 saturated heterocycles. The quantitative estimate of drug-likeness (QED) is 0.570. The van der Waals surface area contributed by atoms with Crippen molar-refractivity contribution in [1.29, 1.82) is 5.26 Å². The molecule has 2 N–H and O–H groups in total. The molecule has 0 atom stereocenters. The van der Waals surface area contributed by atoms with Crippen LogP contribution in [0, 0.1) is 18.3 Å². The average molecular weight is 133 g/mol. The predicted octanol–water partition coefficient (Wildman–Crippen LogP) is 0.844. The number of hydrogen-bond acceptors (Lipinski definition) is 3. The molecule has 0 unspecified atom stereocenters. The summed E-state index contributed by atoms with van der Waals surface area (Å²) in [4.78, 5) is 3.90. The van der Waals surface area contributed by atoms with Crippen LogP contribution in [-0.2, 0) is 0 Å². The molecular formula is C7H7N3. The first kappa shape index (κ1) is 6.56. The molecule has 0 aliphatic carbocycles. The molecule has 0 fully saturated rings. The van der Waals surface area contributed by atoms with Crippen molar-refractivity contribution in [2.45, 2.75) is 6.92 Å². The minimum Gasteiger partial charge on any atom is -0.397 e. The molecule has 0 spiro atoms. The summed E-state index contributed by atoms with van der Waals surface area (Å²) in [5, 5.41) is 8.41. The van der Waals surface area contributed by atoms with Crippen LogP contribution in [0.2, 0.25) is 0 Å². The van der Waals surface area contributed by atoms with Crippen molar-refractivity contribution in [3.8, 4) is 6.07 Å². The van der Waals surface area contributed by atoms with E-state index in [4.69, 9.17) is 11.0 Å². The van der Waals surface area contributed by atoms with E-state index in [1.165, 1.54) is 6.20 Å². The zero-order valence-electron chi connectivity index (χ0n) is 5.63. The van der Waals surface area contributed by atoms with Gasteiger partial charge in [-0.05, 0) is 13.0 Å². The fraction of sp³-hybridized carbons (Fsp3) is 0.143. The number of aryl methyl sites for hydroxylation is 1. The Hall–Kier alpha value is -1.56. The summed E-state index contributed by atoms with van der Waals surface area (Å²) in [6, 6.07) is 3.57. The largest absolute Gasteiger partial charge is 0.397 e. The molecule has 1 heterocycles. The maximum Gasteiger partial charge on any atom is 0.101 e. The van der Waals surface area contributed by atoms with Gasteiger partial charge in [0.2, 0.25) is 0 Å². The van der Waals surface area contributed by atoms with Gasteiger partial charge in [-0.15, -0.1) is 0 Å². The Labute approximate surface area is 59.1 Å². The number of hydrogen-bond donors (Lipinski definition) is 1. The summed E-state index contributed by atoms with van der Waals surface area (Å²) >= 11 is 0. The summed E-state index contributed by atoms with van der Waals surface area (Å²) in [5.74, 6) is 0. The van der Waals surface area contributed by atoms with Gasteiger partial charge >= 0.3 is 0 Å². The highest BCUT2D eigenvalue weighted by molar-refractivity contribution is 5.47. The van der Waals surface area contributed by atoms with Crippen molar-refractivity contribution < 1.29 is 0 Å². The maximum atomic E-state index is 8.41. The highest BCUT2D eigenvalue weighted by Gasteiger charge is 1.94. The van der Waals surface area contributed by atoms with E-state index in [2.05, 4.69) is 4.98 Å². The Morgan fingerprint density at radius 1 is 1.70 bits per heavy atom. The molecule has 0 radical (unpaired) electrons. The number of aromatic nitrogens is 1. The van der Waals surface area contributed by atoms with Crippen molar-refractivity contribution in [3.63, 3.8) is 0 Å². The van der Waals surface area contributed by atoms with E-state index in [1.807, 2.05) is 6.07 Å². The lowest BCUT2D eigenvalue weighted by Gasteiger charge is -1.96. The Balaban J connectivity index is 3.20. The molecule has 0 amide bonds. The van der Waals surface area contributed by atoms with E-state index in [-0.39, 0.29) is 0 Å². The first-order valence-electron chi connectivity index (χ1n) is 2.86. The van der Waals surface area contributed by atoms with Gasteiger partial charge in [0.1, 0.15) is 6.07 Å². The summed E-state index contributed by atoms with van der Waals surface area (Å²) in [6.45, 7) is 1.80. The predicted molar refractivity (Wildman–Crippen MR) is 38.1 cm³/mol. The van der Waals surface area contributed by atoms with Gasteiger partial charge in [-0.2, -0.15) is 5.26 Å². The first-order valence-corrected chi connectivity index (χ1v) is 2.86. The molecule has 10 heavy (non-hydrogen) atoms. The maximum absolute atomic E-state index is 8.41. The van der Waals surface area contributed by atoms with Crippen LogP contribution in [0.4, 0.5) is 5.69 Å². The Morgan fingerprint density at radius 2 is 2.40 bits per heavy atom. The molecule has 1 aromatic heterocycles. The van der Waals surface area contributed by atoms with Gasteiger partial charge in [-0.1, -0.05) is 0 Å². The van der Waals surface area contributed by atoms with Gasteiger partial charge in [0, 0.05) is 6.20 Å². The van der Waals surface area contributed by atoms with Crippen LogP contribution in [0.3, 0.4) is 0 Å². The standard InChI is InChI=1S/C7H7N3/c1-5-7(9)2-6(3-8)4-10-5/h2,4H,9H2,1H3. The lowest BCUT2D eigenvalue weighted by molar-refractivity contribution is 1.19. The van der Waals surface area contributed by atoms with Gasteiger partial charge in [0.25, 0.3) is 0 Å². The lowest BCUT2D eigenvalue weighted by atomic mass is 10.2. The molecule has 0 aliphatic heterocycles. The van der Waals surface area contributed by atoms with Gasteiger partial charge in [-0.3, -0.25) is 4.98 Å². The minimum absolute atomic E-state index is 0.503. The summed E-state index contributed by atoms with van der Waals surface area (Å²) in [7, 11) is 0. The fourth-order valence-corrected chi connectivity index (χ4v) is 0.611. The molecule has 50 valence electrons. The summed E-state index contributed by atoms with van der Waals surface area (Å²) in [6.07, 6.45) is 1.51. The second-order valence-electron chi connectivity index (χ2n) is 2.01. The van der Waals surface area contributed by atoms with Crippen molar-refractivity contribution >= 4 is 5.69 Å². The third-order valence-electron chi connectivity index (χ3n) is 1.26. The minimum atomic E-state index is 0.503. The smallest absolute Gasteiger partial charge is 0.101 e. The number of rotatable bonds is 0. The number of nitrogen functional groups attached to an aromatic ring is 1. The van der Waals surface area contributed by atoms with Crippen molar-refractivity contribution in [1.82, 2.24) is 4.98 Å². The molecule has 0 saturated carbocycles. The number of pyridine rings is 1. The normalized spacial score (nSPS) is 8.80. The van der Waals surface area contributed by atoms with Crippen LogP contribution in [0.25, 0.3) is 0 Å². The third-order valence-corrected chi connectivity index (χ3v) is 1.26. The van der Waals surface area contributed by atoms with Crippen LogP contribution in [0.15, 0.2) is 12.3 Å². The molecule has 0 aliphatic rings. The van der Waals surface area contributed by atoms with Gasteiger partial charge in [-0.25, -0.2) is 0 Å². The van der Waals surface area contributed by atoms with Crippen LogP contribution >= 0.6 is 0 Å². The van der Waals surface area contributed by atoms with Crippen molar-refractivity contribution in [2.75, 3.05) is 5.73 Å². The Morgan fingerprint density at radius 3 is 2.90 bits per heavy atom. The van der Waals surface area contributed by atoms with Crippen LogP contribution in [0.5, 0.6) is 0 Å². The molecule has 1 rings (SSSR count). The van der Waals surface area contributed by atoms with Gasteiger partial charge in [0.05, 0.1) is 16.9 Å². The number of nitrogens with two attached hydrogens (primary N) is 1. The fourth-order valence-electron chi connectivity index (χ4n) is 0.611. The number of nitrogens with zero attached hydrogens (tertiary/aromatic N) is 2. The van der Waals surface area contributed by atoms with E-state index in [0.717, 1.165) is 5.69 Å². The third kappa shape index (κ3) is 1.06. The van der Waals surface area contributed by atoms with Gasteiger partial charge < -0.3 is 5.73 Å². The van der Waals surface area contributed by atoms with E-state index < -0.39 is 0 Å². The molecule has 3 heteroatoms. The highest BCUT2D eigenvalue weighted by atomic mass is 14.7. The van der Waals surface area contributed by atoms with Crippen LogP contribution < -0.4 is 5.73 Å². The molecular weight excluding hydrogens is 126 g/mol. The Bertz CT molecular complexity index is 285. The Kier molecular flexibility index (Phi) is 1.55. The average Bonchev–Trinajstić information content (AvgIpc) is 1.95. The zero-order chi connectivity index (χ0) is 7.56. The van der Waals surface area contributed by atoms with Crippen LogP contribution in [0.1, 0.15) is 11.3 Å². The number of nitriles is 1. The summed E-state index contributed by atoms with van der Waals surface area (Å²) < 4.78 is 0. The van der Waals surface area contributed by atoms with Gasteiger partial charge in [0.15, 0.2) is 0 Å².